The number of nitro groups is 1. The highest BCUT2D eigenvalue weighted by Crippen LogP contribution is 2.31. The summed E-state index contributed by atoms with van der Waals surface area (Å²) >= 11 is 1.24. The Balaban J connectivity index is 1.81. The molecule has 120 valence electrons. The molecule has 0 radical (unpaired) electrons. The van der Waals surface area contributed by atoms with Gasteiger partial charge in [-0.05, 0) is 42.3 Å². The van der Waals surface area contributed by atoms with Gasteiger partial charge in [0.1, 0.15) is 0 Å². The van der Waals surface area contributed by atoms with Crippen LogP contribution in [-0.4, -0.2) is 27.1 Å². The number of carbonyl (C=O) groups is 1. The van der Waals surface area contributed by atoms with Crippen LogP contribution in [0.4, 0.5) is 5.69 Å². The fourth-order valence-corrected chi connectivity index (χ4v) is 3.51. The topological polar surface area (TPSA) is 105 Å². The Morgan fingerprint density at radius 1 is 1.39 bits per heavy atom. The van der Waals surface area contributed by atoms with Gasteiger partial charge in [-0.1, -0.05) is 18.9 Å². The Kier molecular flexibility index (Phi) is 4.33. The van der Waals surface area contributed by atoms with Crippen molar-refractivity contribution < 1.29 is 14.8 Å². The lowest BCUT2D eigenvalue weighted by Crippen LogP contribution is -2.21. The summed E-state index contributed by atoms with van der Waals surface area (Å²) in [6.45, 7) is 0. The number of amidine groups is 1. The van der Waals surface area contributed by atoms with E-state index in [4.69, 9.17) is 0 Å². The second-order valence-corrected chi connectivity index (χ2v) is 6.47. The summed E-state index contributed by atoms with van der Waals surface area (Å²) in [6, 6.07) is 4.28. The van der Waals surface area contributed by atoms with Crippen LogP contribution in [0, 0.1) is 10.1 Å². The molecule has 0 unspecified atom stereocenters. The predicted molar refractivity (Wildman–Crippen MR) is 88.2 cm³/mol. The molecule has 1 saturated carbocycles. The van der Waals surface area contributed by atoms with E-state index in [1.54, 1.807) is 6.08 Å². The van der Waals surface area contributed by atoms with Crippen molar-refractivity contribution in [2.75, 3.05) is 0 Å². The molecule has 1 aliphatic heterocycles. The van der Waals surface area contributed by atoms with E-state index in [0.717, 1.165) is 12.8 Å². The average molecular weight is 333 g/mol. The van der Waals surface area contributed by atoms with Gasteiger partial charge in [0.2, 0.25) is 0 Å². The highest BCUT2D eigenvalue weighted by atomic mass is 32.2. The number of carbonyl (C=O) groups excluding carboxylic acids is 1. The number of benzene rings is 1. The van der Waals surface area contributed by atoms with Crippen LogP contribution in [0.15, 0.2) is 28.1 Å². The first-order valence-electron chi connectivity index (χ1n) is 7.29. The fourth-order valence-electron chi connectivity index (χ4n) is 2.62. The van der Waals surface area contributed by atoms with E-state index in [1.165, 1.54) is 42.8 Å². The SMILES string of the molecule is O=C1NC(=NC2CCCC2)SC1=Cc1ccc(O)c([N+](=O)[O-])c1. The molecule has 1 aliphatic carbocycles. The molecular formula is C15H15N3O4S. The molecule has 1 saturated heterocycles. The van der Waals surface area contributed by atoms with Gasteiger partial charge in [-0.2, -0.15) is 0 Å². The van der Waals surface area contributed by atoms with Gasteiger partial charge in [-0.25, -0.2) is 0 Å². The van der Waals surface area contributed by atoms with Crippen molar-refractivity contribution in [2.45, 2.75) is 31.7 Å². The maximum absolute atomic E-state index is 12.0. The van der Waals surface area contributed by atoms with Crippen molar-refractivity contribution in [3.8, 4) is 5.75 Å². The van der Waals surface area contributed by atoms with Crippen LogP contribution in [0.25, 0.3) is 6.08 Å². The standard InChI is InChI=1S/C15H15N3O4S/c19-12-6-5-9(7-11(12)18(21)22)8-13-14(20)17-15(23-13)16-10-3-1-2-4-10/h5-8,10,19H,1-4H2,(H,16,17,20). The molecule has 0 bridgehead atoms. The Hall–Kier alpha value is -2.35. The fraction of sp³-hybridized carbons (Fsp3) is 0.333. The third kappa shape index (κ3) is 3.53. The molecule has 8 heteroatoms. The minimum Gasteiger partial charge on any atom is -0.502 e. The van der Waals surface area contributed by atoms with Gasteiger partial charge < -0.3 is 10.4 Å². The number of hydrogen-bond donors (Lipinski definition) is 2. The summed E-state index contributed by atoms with van der Waals surface area (Å²) in [5, 5.41) is 23.6. The number of rotatable bonds is 3. The Morgan fingerprint density at radius 2 is 2.13 bits per heavy atom. The zero-order chi connectivity index (χ0) is 16.4. The highest BCUT2D eigenvalue weighted by molar-refractivity contribution is 8.18. The summed E-state index contributed by atoms with van der Waals surface area (Å²) in [4.78, 5) is 27.1. The van der Waals surface area contributed by atoms with Crippen LogP contribution in [0.1, 0.15) is 31.2 Å². The third-order valence-corrected chi connectivity index (χ3v) is 4.69. The first kappa shape index (κ1) is 15.5. The van der Waals surface area contributed by atoms with E-state index in [-0.39, 0.29) is 17.6 Å². The molecule has 2 aliphatic rings. The van der Waals surface area contributed by atoms with Gasteiger partial charge in [0.05, 0.1) is 15.9 Å². The molecule has 0 aromatic heterocycles. The third-order valence-electron chi connectivity index (χ3n) is 3.77. The maximum Gasteiger partial charge on any atom is 0.311 e. The first-order valence-corrected chi connectivity index (χ1v) is 8.10. The van der Waals surface area contributed by atoms with E-state index in [9.17, 15) is 20.0 Å². The normalized spacial score (nSPS) is 22.0. The highest BCUT2D eigenvalue weighted by Gasteiger charge is 2.26. The van der Waals surface area contributed by atoms with Crippen LogP contribution in [-0.2, 0) is 4.79 Å². The number of phenolic OH excluding ortho intramolecular Hbond substituents is 1. The number of phenols is 1. The van der Waals surface area contributed by atoms with Gasteiger partial charge in [-0.15, -0.1) is 0 Å². The van der Waals surface area contributed by atoms with Crippen LogP contribution in [0.2, 0.25) is 0 Å². The van der Waals surface area contributed by atoms with Gasteiger partial charge in [-0.3, -0.25) is 19.9 Å². The average Bonchev–Trinajstić information content (AvgIpc) is 3.12. The molecule has 1 aromatic rings. The van der Waals surface area contributed by atoms with Crippen molar-refractivity contribution in [3.63, 3.8) is 0 Å². The molecule has 0 atom stereocenters. The van der Waals surface area contributed by atoms with E-state index in [0.29, 0.717) is 15.6 Å². The van der Waals surface area contributed by atoms with Crippen molar-refractivity contribution in [2.24, 2.45) is 4.99 Å². The van der Waals surface area contributed by atoms with Crippen molar-refractivity contribution in [3.05, 3.63) is 38.8 Å². The number of hydrogen-bond acceptors (Lipinski definition) is 6. The van der Waals surface area contributed by atoms with Crippen LogP contribution >= 0.6 is 11.8 Å². The van der Waals surface area contributed by atoms with Crippen LogP contribution in [0.5, 0.6) is 5.75 Å². The smallest absolute Gasteiger partial charge is 0.311 e. The lowest BCUT2D eigenvalue weighted by molar-refractivity contribution is -0.385. The van der Waals surface area contributed by atoms with Gasteiger partial charge in [0.25, 0.3) is 5.91 Å². The maximum atomic E-state index is 12.0. The summed E-state index contributed by atoms with van der Waals surface area (Å²) in [5.41, 5.74) is 0.0943. The van der Waals surface area contributed by atoms with Gasteiger partial charge in [0, 0.05) is 6.07 Å². The minimum atomic E-state index is -0.661. The molecule has 2 N–H and O–H groups in total. The Morgan fingerprint density at radius 3 is 2.83 bits per heavy atom. The molecule has 3 rings (SSSR count). The van der Waals surface area contributed by atoms with Crippen LogP contribution < -0.4 is 5.32 Å². The molecule has 2 fully saturated rings. The monoisotopic (exact) mass is 333 g/mol. The molecule has 1 amide bonds. The number of amides is 1. The molecular weight excluding hydrogens is 318 g/mol. The van der Waals surface area contributed by atoms with Crippen LogP contribution in [0.3, 0.4) is 0 Å². The first-order chi connectivity index (χ1) is 11.0. The summed E-state index contributed by atoms with van der Waals surface area (Å²) in [6.07, 6.45) is 5.98. The van der Waals surface area contributed by atoms with E-state index in [1.807, 2.05) is 0 Å². The van der Waals surface area contributed by atoms with Crippen molar-refractivity contribution >= 4 is 34.6 Å². The van der Waals surface area contributed by atoms with E-state index >= 15 is 0 Å². The van der Waals surface area contributed by atoms with Crippen molar-refractivity contribution in [1.29, 1.82) is 0 Å². The lowest BCUT2D eigenvalue weighted by atomic mass is 10.1. The number of nitro benzene ring substituents is 1. The molecule has 0 spiro atoms. The zero-order valence-electron chi connectivity index (χ0n) is 12.2. The number of nitrogens with zero attached hydrogens (tertiary/aromatic N) is 2. The summed E-state index contributed by atoms with van der Waals surface area (Å²) < 4.78 is 0. The lowest BCUT2D eigenvalue weighted by Gasteiger charge is -2.02. The zero-order valence-corrected chi connectivity index (χ0v) is 13.0. The molecule has 1 heterocycles. The Labute approximate surface area is 136 Å². The van der Waals surface area contributed by atoms with E-state index < -0.39 is 10.7 Å². The molecule has 1 aromatic carbocycles. The predicted octanol–water partition coefficient (Wildman–Crippen LogP) is 2.80. The minimum absolute atomic E-state index is 0.262. The van der Waals surface area contributed by atoms with Gasteiger partial charge in [0.15, 0.2) is 10.9 Å². The van der Waals surface area contributed by atoms with Gasteiger partial charge >= 0.3 is 5.69 Å². The second kappa shape index (κ2) is 6.41. The summed E-state index contributed by atoms with van der Waals surface area (Å²) in [7, 11) is 0. The molecule has 7 nitrogen and oxygen atoms in total. The Bertz CT molecular complexity index is 723. The number of aliphatic imine (C=N–C) groups is 1. The second-order valence-electron chi connectivity index (χ2n) is 5.44. The number of aromatic hydroxyl groups is 1. The number of nitrogens with one attached hydrogen (secondary N) is 1. The van der Waals surface area contributed by atoms with E-state index in [2.05, 4.69) is 10.3 Å². The molecule has 23 heavy (non-hydrogen) atoms. The summed E-state index contributed by atoms with van der Waals surface area (Å²) in [5.74, 6) is -0.661. The largest absolute Gasteiger partial charge is 0.502 e. The van der Waals surface area contributed by atoms with Crippen molar-refractivity contribution in [1.82, 2.24) is 5.32 Å². The quantitative estimate of drug-likeness (QED) is 0.503. The number of thioether (sulfide) groups is 1.